The van der Waals surface area contributed by atoms with Gasteiger partial charge in [-0.1, -0.05) is 84.9 Å². The van der Waals surface area contributed by atoms with Crippen LogP contribution in [-0.2, 0) is 6.42 Å². The van der Waals surface area contributed by atoms with Crippen molar-refractivity contribution in [2.45, 2.75) is 6.42 Å². The number of nitro benzene ring substituents is 1. The fourth-order valence-corrected chi connectivity index (χ4v) is 7.67. The number of furan rings is 2. The van der Waals surface area contributed by atoms with Crippen LogP contribution in [0.4, 0.5) is 5.69 Å². The average Bonchev–Trinajstić information content (AvgIpc) is 3.87. The van der Waals surface area contributed by atoms with E-state index < -0.39 is 0 Å². The molecule has 1 aliphatic carbocycles. The van der Waals surface area contributed by atoms with Gasteiger partial charge >= 0.3 is 0 Å². The Bertz CT molecular complexity index is 3010. The summed E-state index contributed by atoms with van der Waals surface area (Å²) in [6.07, 6.45) is 4.51. The quantitative estimate of drug-likeness (QED) is 0.137. The van der Waals surface area contributed by atoms with Crippen molar-refractivity contribution in [3.8, 4) is 22.3 Å². The van der Waals surface area contributed by atoms with Gasteiger partial charge in [0.05, 0.1) is 10.5 Å². The van der Waals surface area contributed by atoms with Crippen LogP contribution < -0.4 is 0 Å². The summed E-state index contributed by atoms with van der Waals surface area (Å²) >= 11 is 0. The van der Waals surface area contributed by atoms with E-state index in [0.29, 0.717) is 16.7 Å². The van der Waals surface area contributed by atoms with Crippen LogP contribution in [0.25, 0.3) is 87.9 Å². The number of nitrogens with zero attached hydrogens (tertiary/aromatic N) is 3. The third-order valence-electron chi connectivity index (χ3n) is 9.77. The van der Waals surface area contributed by atoms with Gasteiger partial charge in [-0.05, 0) is 70.6 Å². The number of hydrogen-bond donors (Lipinski definition) is 0. The second-order valence-corrected chi connectivity index (χ2v) is 12.5. The van der Waals surface area contributed by atoms with E-state index in [1.54, 1.807) is 18.3 Å². The van der Waals surface area contributed by atoms with Gasteiger partial charge in [0, 0.05) is 50.8 Å². The van der Waals surface area contributed by atoms with Crippen LogP contribution in [0.15, 0.2) is 149 Å². The minimum absolute atomic E-state index is 0.0739. The number of hydrogen-bond acceptors (Lipinski definition) is 6. The molecule has 0 bridgehead atoms. The Balaban J connectivity index is 0.000000127. The Labute approximate surface area is 284 Å². The Kier molecular flexibility index (Phi) is 6.11. The van der Waals surface area contributed by atoms with Gasteiger partial charge in [-0.15, -0.1) is 0 Å². The first kappa shape index (κ1) is 28.2. The van der Waals surface area contributed by atoms with Gasteiger partial charge in [0.1, 0.15) is 22.2 Å². The van der Waals surface area contributed by atoms with Gasteiger partial charge in [0.2, 0.25) is 0 Å². The second kappa shape index (κ2) is 10.8. The van der Waals surface area contributed by atoms with Crippen LogP contribution in [0.1, 0.15) is 11.1 Å². The summed E-state index contributed by atoms with van der Waals surface area (Å²) in [6.45, 7) is 0. The number of nitro groups is 1. The highest BCUT2D eigenvalue weighted by atomic mass is 16.6. The monoisotopic (exact) mass is 647 g/mol. The molecule has 0 unspecified atom stereocenters. The standard InChI is InChI=1S/C22H13NO.C21H12N2O3/c1-2-7-14-13(6-1)12-17-19(14)16-9-5-11-23-21(16)22-20(17)15-8-3-4-10-18(15)24-22;24-23(25)18-9-3-1-6-13(18)16-12-17-14-7-2-4-10-19(14)26-21(17)20-15(16)8-5-11-22-20/h1-11H,12H2;1-12H. The molecule has 0 fully saturated rings. The van der Waals surface area contributed by atoms with E-state index in [-0.39, 0.29) is 10.6 Å². The minimum atomic E-state index is -0.352. The third-order valence-corrected chi connectivity index (χ3v) is 9.77. The highest BCUT2D eigenvalue weighted by Gasteiger charge is 2.27. The molecule has 236 valence electrons. The van der Waals surface area contributed by atoms with Crippen molar-refractivity contribution in [3.63, 3.8) is 0 Å². The normalized spacial score (nSPS) is 12.1. The molecule has 10 aromatic rings. The molecule has 6 aromatic carbocycles. The molecule has 0 spiro atoms. The number of fused-ring (bicyclic) bond motifs is 15. The molecule has 7 heteroatoms. The zero-order valence-corrected chi connectivity index (χ0v) is 26.5. The molecular weight excluding hydrogens is 622 g/mol. The zero-order valence-electron chi connectivity index (χ0n) is 26.5. The number of para-hydroxylation sites is 3. The molecule has 0 radical (unpaired) electrons. The SMILES string of the molecule is O=[N+]([O-])c1ccccc1-c1cc2c3ccccc3oc2c2ncccc12.c1ccc2c(c1)Cc1c-2c2cccnc2c2oc3ccccc3c12. The van der Waals surface area contributed by atoms with Crippen molar-refractivity contribution in [1.29, 1.82) is 0 Å². The van der Waals surface area contributed by atoms with Gasteiger partial charge in [-0.2, -0.15) is 0 Å². The van der Waals surface area contributed by atoms with Gasteiger partial charge in [0.15, 0.2) is 11.2 Å². The molecule has 4 aromatic heterocycles. The van der Waals surface area contributed by atoms with Crippen LogP contribution in [-0.4, -0.2) is 14.9 Å². The van der Waals surface area contributed by atoms with Crippen LogP contribution >= 0.6 is 0 Å². The highest BCUT2D eigenvalue weighted by Crippen LogP contribution is 2.48. The Morgan fingerprint density at radius 2 is 1.16 bits per heavy atom. The summed E-state index contributed by atoms with van der Waals surface area (Å²) in [5.74, 6) is 0. The first-order valence-electron chi connectivity index (χ1n) is 16.4. The number of aromatic nitrogens is 2. The molecule has 0 atom stereocenters. The van der Waals surface area contributed by atoms with E-state index in [4.69, 9.17) is 8.83 Å². The average molecular weight is 648 g/mol. The van der Waals surface area contributed by atoms with Gasteiger partial charge in [-0.3, -0.25) is 20.1 Å². The molecule has 0 saturated heterocycles. The fourth-order valence-electron chi connectivity index (χ4n) is 7.67. The lowest BCUT2D eigenvalue weighted by Gasteiger charge is -2.08. The summed E-state index contributed by atoms with van der Waals surface area (Å²) in [5, 5.41) is 17.8. The van der Waals surface area contributed by atoms with Crippen LogP contribution in [0.5, 0.6) is 0 Å². The van der Waals surface area contributed by atoms with Gasteiger partial charge in [0.25, 0.3) is 5.69 Å². The Morgan fingerprint density at radius 1 is 0.560 bits per heavy atom. The smallest absolute Gasteiger partial charge is 0.277 e. The molecule has 0 aliphatic heterocycles. The molecule has 7 nitrogen and oxygen atoms in total. The lowest BCUT2D eigenvalue weighted by atomic mass is 9.96. The summed E-state index contributed by atoms with van der Waals surface area (Å²) in [5.41, 5.74) is 11.8. The van der Waals surface area contributed by atoms with E-state index in [1.165, 1.54) is 44.5 Å². The first-order chi connectivity index (χ1) is 24.7. The summed E-state index contributed by atoms with van der Waals surface area (Å²) in [7, 11) is 0. The fraction of sp³-hybridized carbons (Fsp3) is 0.0233. The molecular formula is C43H25N3O4. The summed E-state index contributed by atoms with van der Waals surface area (Å²) in [4.78, 5) is 20.3. The van der Waals surface area contributed by atoms with Gasteiger partial charge < -0.3 is 8.83 Å². The lowest BCUT2D eigenvalue weighted by molar-refractivity contribution is -0.384. The molecule has 1 aliphatic rings. The lowest BCUT2D eigenvalue weighted by Crippen LogP contribution is -1.93. The van der Waals surface area contributed by atoms with Crippen LogP contribution in [0.3, 0.4) is 0 Å². The summed E-state index contributed by atoms with van der Waals surface area (Å²) < 4.78 is 12.3. The Hall–Kier alpha value is -6.86. The van der Waals surface area contributed by atoms with Crippen molar-refractivity contribution < 1.29 is 13.8 Å². The predicted molar refractivity (Wildman–Crippen MR) is 198 cm³/mol. The molecule has 4 heterocycles. The number of rotatable bonds is 2. The van der Waals surface area contributed by atoms with Crippen molar-refractivity contribution >= 4 is 71.4 Å². The maximum Gasteiger partial charge on any atom is 0.277 e. The molecule has 0 N–H and O–H groups in total. The molecule has 50 heavy (non-hydrogen) atoms. The van der Waals surface area contributed by atoms with Crippen molar-refractivity contribution in [2.75, 3.05) is 0 Å². The largest absolute Gasteiger partial charge is 0.454 e. The second-order valence-electron chi connectivity index (χ2n) is 12.5. The topological polar surface area (TPSA) is 95.2 Å². The van der Waals surface area contributed by atoms with Gasteiger partial charge in [-0.25, -0.2) is 0 Å². The van der Waals surface area contributed by atoms with E-state index in [1.807, 2.05) is 72.9 Å². The van der Waals surface area contributed by atoms with E-state index in [0.717, 1.165) is 50.4 Å². The molecule has 0 saturated carbocycles. The number of benzene rings is 6. The maximum absolute atomic E-state index is 11.5. The van der Waals surface area contributed by atoms with E-state index in [2.05, 4.69) is 52.4 Å². The molecule has 0 amide bonds. The van der Waals surface area contributed by atoms with Crippen LogP contribution in [0, 0.1) is 10.1 Å². The minimum Gasteiger partial charge on any atom is -0.454 e. The predicted octanol–water partition coefficient (Wildman–Crippen LogP) is 11.4. The Morgan fingerprint density at radius 3 is 1.96 bits per heavy atom. The number of pyridine rings is 2. The van der Waals surface area contributed by atoms with E-state index in [9.17, 15) is 10.1 Å². The zero-order chi connectivity index (χ0) is 33.3. The summed E-state index contributed by atoms with van der Waals surface area (Å²) in [6, 6.07) is 41.4. The highest BCUT2D eigenvalue weighted by molar-refractivity contribution is 6.21. The van der Waals surface area contributed by atoms with Crippen molar-refractivity contribution in [1.82, 2.24) is 9.97 Å². The van der Waals surface area contributed by atoms with E-state index >= 15 is 0 Å². The van der Waals surface area contributed by atoms with Crippen molar-refractivity contribution in [3.05, 3.63) is 161 Å². The first-order valence-corrected chi connectivity index (χ1v) is 16.4. The maximum atomic E-state index is 11.5. The van der Waals surface area contributed by atoms with Crippen LogP contribution in [0.2, 0.25) is 0 Å². The third kappa shape index (κ3) is 4.10. The molecule has 11 rings (SSSR count). The van der Waals surface area contributed by atoms with Crippen molar-refractivity contribution in [2.24, 2.45) is 0 Å².